The number of benzene rings is 11. The van der Waals surface area contributed by atoms with Gasteiger partial charge in [0.05, 0.1) is 17.4 Å². The first-order valence-corrected chi connectivity index (χ1v) is 32.6. The molecule has 86 heavy (non-hydrogen) atoms. The first-order chi connectivity index (χ1) is 41.9. The van der Waals surface area contributed by atoms with E-state index >= 15 is 0 Å². The van der Waals surface area contributed by atoms with Crippen molar-refractivity contribution in [2.75, 3.05) is 26.4 Å². The number of rotatable bonds is 10. The van der Waals surface area contributed by atoms with Crippen LogP contribution in [0.15, 0.2) is 279 Å². The number of carbonyl (C=O) groups is 1. The number of ether oxygens (including phenoxy) is 3. The summed E-state index contributed by atoms with van der Waals surface area (Å²) >= 11 is 14.8. The summed E-state index contributed by atoms with van der Waals surface area (Å²) in [7, 11) is -0.446. The van der Waals surface area contributed by atoms with Crippen molar-refractivity contribution in [1.29, 1.82) is 0 Å². The predicted octanol–water partition coefficient (Wildman–Crippen LogP) is 18.4. The highest BCUT2D eigenvalue weighted by Gasteiger charge is 2.48. The van der Waals surface area contributed by atoms with E-state index in [1.807, 2.05) is 24.3 Å². The van der Waals surface area contributed by atoms with Gasteiger partial charge in [-0.25, -0.2) is 4.79 Å². The van der Waals surface area contributed by atoms with Crippen LogP contribution in [0.2, 0.25) is 0 Å². The summed E-state index contributed by atoms with van der Waals surface area (Å²) in [6.45, 7) is 5.34. The normalized spacial score (nSPS) is 13.4. The molecule has 1 saturated heterocycles. The highest BCUT2D eigenvalue weighted by atomic mass is 79.9. The van der Waals surface area contributed by atoms with E-state index in [0.717, 1.165) is 29.2 Å². The molecule has 0 aromatic heterocycles. The number of cyclic esters (lactones) is 2. The van der Waals surface area contributed by atoms with Crippen LogP contribution in [0.5, 0.6) is 11.5 Å². The van der Waals surface area contributed by atoms with E-state index in [2.05, 4.69) is 311 Å². The van der Waals surface area contributed by atoms with Gasteiger partial charge in [0.15, 0.2) is 0 Å². The Morgan fingerprint density at radius 1 is 0.419 bits per heavy atom. The molecule has 428 valence electrons. The SMILES string of the molecule is Cc1ccc(C2(c3ccc(O)cc3)c3cc(Br)ccc3-c3ccc(Br)cc32)cc1.Cc1ccc(C2(c3ccc(OCCO)cc3)c3cc(Br)ccc3-c3ccc(Br)cc32)cc1.O=C1OCCO1.c1ccc(P(c2ccccc2)c2ccccc2)cc1. The van der Waals surface area contributed by atoms with Crippen LogP contribution in [0, 0.1) is 13.8 Å². The first-order valence-electron chi connectivity index (χ1n) is 28.1. The van der Waals surface area contributed by atoms with Crippen LogP contribution in [0.1, 0.15) is 55.6 Å². The van der Waals surface area contributed by atoms with Crippen LogP contribution >= 0.6 is 71.6 Å². The topological polar surface area (TPSA) is 85.2 Å². The molecule has 0 bridgehead atoms. The van der Waals surface area contributed by atoms with Crippen molar-refractivity contribution in [3.05, 3.63) is 334 Å². The third-order valence-corrected chi connectivity index (χ3v) is 20.0. The molecular formula is C75H59Br4O6P. The van der Waals surface area contributed by atoms with Gasteiger partial charge in [-0.1, -0.05) is 263 Å². The van der Waals surface area contributed by atoms with Gasteiger partial charge in [0.1, 0.15) is 31.3 Å². The molecule has 0 unspecified atom stereocenters. The van der Waals surface area contributed by atoms with Gasteiger partial charge in [-0.05, 0) is 177 Å². The second kappa shape index (κ2) is 27.1. The van der Waals surface area contributed by atoms with E-state index in [1.54, 1.807) is 12.1 Å². The third kappa shape index (κ3) is 12.4. The molecule has 0 atom stereocenters. The zero-order chi connectivity index (χ0) is 59.8. The Labute approximate surface area is 537 Å². The van der Waals surface area contributed by atoms with E-state index < -0.39 is 24.9 Å². The minimum Gasteiger partial charge on any atom is -0.508 e. The molecule has 11 aromatic rings. The van der Waals surface area contributed by atoms with Crippen LogP contribution in [-0.2, 0) is 20.3 Å². The Balaban J connectivity index is 0.000000131. The van der Waals surface area contributed by atoms with Crippen molar-refractivity contribution in [1.82, 2.24) is 0 Å². The summed E-state index contributed by atoms with van der Waals surface area (Å²) in [5.41, 5.74) is 16.3. The second-order valence-electron chi connectivity index (χ2n) is 20.9. The lowest BCUT2D eigenvalue weighted by molar-refractivity contribution is 0.131. The highest BCUT2D eigenvalue weighted by molar-refractivity contribution is 9.11. The number of aromatic hydroxyl groups is 1. The number of carbonyl (C=O) groups excluding carboxylic acids is 1. The maximum Gasteiger partial charge on any atom is 0.508 e. The number of fused-ring (bicyclic) bond motifs is 6. The van der Waals surface area contributed by atoms with Gasteiger partial charge >= 0.3 is 6.16 Å². The highest BCUT2D eigenvalue weighted by Crippen LogP contribution is 2.59. The molecule has 14 rings (SSSR count). The molecule has 2 aliphatic carbocycles. The average molecular weight is 1410 g/mol. The Morgan fingerprint density at radius 3 is 1.01 bits per heavy atom. The molecular weight excluding hydrogens is 1350 g/mol. The molecule has 11 aromatic carbocycles. The Hall–Kier alpha value is -7.40. The lowest BCUT2D eigenvalue weighted by Gasteiger charge is -2.34. The molecule has 1 aliphatic heterocycles. The third-order valence-electron chi connectivity index (χ3n) is 15.6. The summed E-state index contributed by atoms with van der Waals surface area (Å²) in [5.74, 6) is 1.03. The monoisotopic (exact) mass is 1400 g/mol. The Bertz CT molecular complexity index is 3880. The minimum absolute atomic E-state index is 0.00212. The summed E-state index contributed by atoms with van der Waals surface area (Å²) in [4.78, 5) is 9.80. The van der Waals surface area contributed by atoms with Gasteiger partial charge in [-0.3, -0.25) is 0 Å². The van der Waals surface area contributed by atoms with Gasteiger partial charge in [-0.15, -0.1) is 0 Å². The zero-order valence-corrected chi connectivity index (χ0v) is 54.4. The lowest BCUT2D eigenvalue weighted by Crippen LogP contribution is -2.28. The van der Waals surface area contributed by atoms with Crippen molar-refractivity contribution in [3.8, 4) is 33.8 Å². The average Bonchev–Trinajstić information content (AvgIpc) is 1.58. The molecule has 2 N–H and O–H groups in total. The quantitative estimate of drug-likeness (QED) is 0.105. The van der Waals surface area contributed by atoms with E-state index in [9.17, 15) is 9.90 Å². The summed E-state index contributed by atoms with van der Waals surface area (Å²) in [6.07, 6.45) is -0.546. The molecule has 0 saturated carbocycles. The number of aliphatic hydroxyl groups excluding tert-OH is 1. The molecule has 1 heterocycles. The molecule has 0 spiro atoms. The number of hydrogen-bond acceptors (Lipinski definition) is 6. The molecule has 11 heteroatoms. The van der Waals surface area contributed by atoms with Crippen LogP contribution < -0.4 is 20.7 Å². The molecule has 0 amide bonds. The number of phenolic OH excluding ortho intramolecular Hbond substituents is 1. The molecule has 1 fully saturated rings. The smallest absolute Gasteiger partial charge is 0.508 e. The van der Waals surface area contributed by atoms with Gasteiger partial charge in [-0.2, -0.15) is 0 Å². The fourth-order valence-electron chi connectivity index (χ4n) is 11.9. The van der Waals surface area contributed by atoms with Gasteiger partial charge in [0.25, 0.3) is 0 Å². The van der Waals surface area contributed by atoms with Crippen LogP contribution in [-0.4, -0.2) is 42.8 Å². The predicted molar refractivity (Wildman–Crippen MR) is 364 cm³/mol. The maximum absolute atomic E-state index is 9.95. The van der Waals surface area contributed by atoms with Crippen LogP contribution in [0.25, 0.3) is 22.3 Å². The van der Waals surface area contributed by atoms with Crippen LogP contribution in [0.3, 0.4) is 0 Å². The fourth-order valence-corrected chi connectivity index (χ4v) is 15.6. The van der Waals surface area contributed by atoms with Crippen molar-refractivity contribution < 1.29 is 29.2 Å². The number of halogens is 4. The Morgan fingerprint density at radius 2 is 0.721 bits per heavy atom. The van der Waals surface area contributed by atoms with Crippen molar-refractivity contribution in [2.24, 2.45) is 0 Å². The Kier molecular flexibility index (Phi) is 19.0. The van der Waals surface area contributed by atoms with E-state index in [0.29, 0.717) is 13.2 Å². The number of phenols is 1. The maximum atomic E-state index is 9.95. The lowest BCUT2D eigenvalue weighted by atomic mass is 9.67. The summed E-state index contributed by atoms with van der Waals surface area (Å²) in [5, 5.41) is 23.3. The van der Waals surface area contributed by atoms with Crippen LogP contribution in [0.4, 0.5) is 4.79 Å². The second-order valence-corrected chi connectivity index (χ2v) is 26.8. The summed E-state index contributed by atoms with van der Waals surface area (Å²) in [6, 6.07) is 92.1. The fraction of sp³-hybridized carbons (Fsp3) is 0.107. The number of hydrogen-bond donors (Lipinski definition) is 2. The molecule has 6 nitrogen and oxygen atoms in total. The van der Waals surface area contributed by atoms with E-state index in [4.69, 9.17) is 9.84 Å². The van der Waals surface area contributed by atoms with Crippen molar-refractivity contribution in [2.45, 2.75) is 24.7 Å². The van der Waals surface area contributed by atoms with Gasteiger partial charge < -0.3 is 24.4 Å². The molecule has 0 radical (unpaired) electrons. The number of aliphatic hydroxyl groups is 1. The van der Waals surface area contributed by atoms with Crippen molar-refractivity contribution in [3.63, 3.8) is 0 Å². The minimum atomic E-state index is -0.546. The van der Waals surface area contributed by atoms with Gasteiger partial charge in [0, 0.05) is 17.9 Å². The van der Waals surface area contributed by atoms with E-state index in [-0.39, 0.29) is 19.0 Å². The number of aryl methyl sites for hydroxylation is 2. The van der Waals surface area contributed by atoms with E-state index in [1.165, 1.54) is 88.2 Å². The first kappa shape index (κ1) is 60.3. The summed E-state index contributed by atoms with van der Waals surface area (Å²) < 4.78 is 18.4. The van der Waals surface area contributed by atoms with Gasteiger partial charge in [0.2, 0.25) is 0 Å². The molecule has 3 aliphatic rings. The largest absolute Gasteiger partial charge is 0.508 e. The zero-order valence-electron chi connectivity index (χ0n) is 47.1. The van der Waals surface area contributed by atoms with Crippen molar-refractivity contribution >= 4 is 93.7 Å². The standard InChI is InChI=1S/C28H22Br2O2.C26H18Br2O.C18H15P.C3H4O3/c1-18-2-4-19(5-3-18)28(20-6-10-23(11-7-20)32-15-14-31)26-16-21(29)8-12-24(26)25-13-9-22(30)17-27(25)28;1-16-2-4-17(5-3-16)26(18-6-10-21(29)11-7-18)24-14-19(27)8-12-22(24)23-13-9-20(28)15-25(23)26;1-4-10-16(11-5-1)19(17-12-6-2-7-13-17)18-14-8-3-9-15-18;4-3-5-1-2-6-3/h2-13,16-17,31H,14-15H2,1H3;2-15,29H,1H3;1-15H;1-2H2.